The number of nitrogens with zero attached hydrogens (tertiary/aromatic N) is 5. The first kappa shape index (κ1) is 20.2. The molecule has 2 heterocycles. The molecule has 150 valence electrons. The summed E-state index contributed by atoms with van der Waals surface area (Å²) in [5.74, 6) is -1.47. The van der Waals surface area contributed by atoms with Gasteiger partial charge in [-0.3, -0.25) is 9.59 Å². The summed E-state index contributed by atoms with van der Waals surface area (Å²) >= 11 is 0. The van der Waals surface area contributed by atoms with Crippen LogP contribution in [0, 0.1) is 6.92 Å². The molecule has 0 saturated carbocycles. The average molecular weight is 403 g/mol. The third-order valence-corrected chi connectivity index (χ3v) is 3.96. The van der Waals surface area contributed by atoms with Crippen molar-refractivity contribution in [1.29, 1.82) is 0 Å². The molecule has 29 heavy (non-hydrogen) atoms. The third kappa shape index (κ3) is 4.15. The van der Waals surface area contributed by atoms with Crippen LogP contribution >= 0.6 is 0 Å². The highest BCUT2D eigenvalue weighted by Crippen LogP contribution is 2.36. The van der Waals surface area contributed by atoms with Gasteiger partial charge in [0.25, 0.3) is 0 Å². The second-order valence-electron chi connectivity index (χ2n) is 6.24. The van der Waals surface area contributed by atoms with E-state index < -0.39 is 23.7 Å². The zero-order valence-electron chi connectivity index (χ0n) is 15.7. The molecule has 0 aliphatic rings. The molecule has 10 heteroatoms. The van der Waals surface area contributed by atoms with Crippen LogP contribution in [0.3, 0.4) is 0 Å². The van der Waals surface area contributed by atoms with Crippen LogP contribution in [0.2, 0.25) is 0 Å². The lowest BCUT2D eigenvalue weighted by molar-refractivity contribution is -0.140. The number of alkyl halides is 3. The summed E-state index contributed by atoms with van der Waals surface area (Å²) in [6, 6.07) is 9.43. The van der Waals surface area contributed by atoms with E-state index in [4.69, 9.17) is 0 Å². The Morgan fingerprint density at radius 2 is 1.66 bits per heavy atom. The van der Waals surface area contributed by atoms with Crippen LogP contribution in [0.1, 0.15) is 25.2 Å². The van der Waals surface area contributed by atoms with Crippen LogP contribution in [0.5, 0.6) is 0 Å². The van der Waals surface area contributed by atoms with Gasteiger partial charge in [-0.05, 0) is 12.5 Å². The quantitative estimate of drug-likeness (QED) is 0.668. The maximum absolute atomic E-state index is 13.6. The molecule has 0 fully saturated rings. The SMILES string of the molecule is CC(=O)N(C(C)=O)c1nc(C)cc(-n2cc(-c3ccccc3)c(C(F)(F)F)n2)n1. The van der Waals surface area contributed by atoms with Crippen molar-refractivity contribution < 1.29 is 22.8 Å². The van der Waals surface area contributed by atoms with Gasteiger partial charge in [-0.1, -0.05) is 30.3 Å². The number of amides is 2. The van der Waals surface area contributed by atoms with Crippen molar-refractivity contribution in [3.63, 3.8) is 0 Å². The molecule has 7 nitrogen and oxygen atoms in total. The fourth-order valence-corrected chi connectivity index (χ4v) is 2.79. The van der Waals surface area contributed by atoms with Crippen molar-refractivity contribution in [2.45, 2.75) is 26.9 Å². The Hall–Kier alpha value is -3.56. The van der Waals surface area contributed by atoms with Gasteiger partial charge >= 0.3 is 6.18 Å². The number of rotatable bonds is 3. The van der Waals surface area contributed by atoms with Gasteiger partial charge in [-0.25, -0.2) is 14.6 Å². The second kappa shape index (κ2) is 7.46. The number of benzene rings is 1. The van der Waals surface area contributed by atoms with Crippen LogP contribution in [-0.2, 0) is 15.8 Å². The first-order valence-corrected chi connectivity index (χ1v) is 8.47. The lowest BCUT2D eigenvalue weighted by Gasteiger charge is -2.16. The summed E-state index contributed by atoms with van der Waals surface area (Å²) in [6.45, 7) is 3.89. The van der Waals surface area contributed by atoms with Gasteiger partial charge in [-0.2, -0.15) is 23.3 Å². The zero-order chi connectivity index (χ0) is 21.3. The summed E-state index contributed by atoms with van der Waals surface area (Å²) in [7, 11) is 0. The van der Waals surface area contributed by atoms with Gasteiger partial charge in [0.15, 0.2) is 11.5 Å². The minimum absolute atomic E-state index is 0.00678. The molecule has 2 aromatic heterocycles. The lowest BCUT2D eigenvalue weighted by Crippen LogP contribution is -2.35. The highest BCUT2D eigenvalue weighted by atomic mass is 19.4. The number of aromatic nitrogens is 4. The largest absolute Gasteiger partial charge is 0.435 e. The Bertz CT molecular complexity index is 1060. The number of carbonyl (C=O) groups excluding carboxylic acids is 2. The van der Waals surface area contributed by atoms with E-state index in [1.54, 1.807) is 37.3 Å². The topological polar surface area (TPSA) is 81.0 Å². The third-order valence-electron chi connectivity index (χ3n) is 3.96. The van der Waals surface area contributed by atoms with E-state index in [0.717, 1.165) is 23.4 Å². The van der Waals surface area contributed by atoms with E-state index in [0.29, 0.717) is 11.3 Å². The van der Waals surface area contributed by atoms with E-state index in [-0.39, 0.29) is 17.3 Å². The van der Waals surface area contributed by atoms with Crippen LogP contribution in [-0.4, -0.2) is 31.6 Å². The molecule has 0 bridgehead atoms. The van der Waals surface area contributed by atoms with Crippen molar-refractivity contribution in [2.75, 3.05) is 4.90 Å². The average Bonchev–Trinajstić information content (AvgIpc) is 3.07. The summed E-state index contributed by atoms with van der Waals surface area (Å²) in [5, 5.41) is 3.67. The Labute approximate surface area is 163 Å². The molecule has 0 unspecified atom stereocenters. The maximum Gasteiger partial charge on any atom is 0.435 e. The van der Waals surface area contributed by atoms with Crippen LogP contribution in [0.15, 0.2) is 42.6 Å². The standard InChI is InChI=1S/C19H16F3N5O2/c1-11-9-16(24-18(23-11)27(12(2)28)13(3)29)26-10-15(14-7-5-4-6-8-14)17(25-26)19(20,21)22/h4-10H,1-3H3. The molecule has 3 aromatic rings. The van der Waals surface area contributed by atoms with E-state index in [1.807, 2.05) is 0 Å². The van der Waals surface area contributed by atoms with Crippen molar-refractivity contribution >= 4 is 17.8 Å². The fraction of sp³-hybridized carbons (Fsp3) is 0.211. The van der Waals surface area contributed by atoms with Crippen LogP contribution in [0.25, 0.3) is 16.9 Å². The number of halogens is 3. The molecule has 0 saturated heterocycles. The first-order chi connectivity index (χ1) is 13.6. The van der Waals surface area contributed by atoms with Crippen LogP contribution < -0.4 is 4.90 Å². The summed E-state index contributed by atoms with van der Waals surface area (Å²) < 4.78 is 41.6. The Morgan fingerprint density at radius 1 is 1.03 bits per heavy atom. The number of hydrogen-bond donors (Lipinski definition) is 0. The minimum Gasteiger partial charge on any atom is -0.274 e. The van der Waals surface area contributed by atoms with Gasteiger partial charge in [0.05, 0.1) is 0 Å². The van der Waals surface area contributed by atoms with Crippen molar-refractivity contribution in [3.05, 3.63) is 54.0 Å². The highest BCUT2D eigenvalue weighted by molar-refractivity contribution is 6.11. The molecule has 2 amide bonds. The molecular weight excluding hydrogens is 387 g/mol. The summed E-state index contributed by atoms with van der Waals surface area (Å²) in [5.41, 5.74) is -0.503. The number of hydrogen-bond acceptors (Lipinski definition) is 5. The fourth-order valence-electron chi connectivity index (χ4n) is 2.79. The zero-order valence-corrected chi connectivity index (χ0v) is 15.7. The van der Waals surface area contributed by atoms with E-state index in [2.05, 4.69) is 15.1 Å². The Kier molecular flexibility index (Phi) is 5.19. The number of anilines is 1. The molecule has 0 aliphatic carbocycles. The molecule has 0 aliphatic heterocycles. The lowest BCUT2D eigenvalue weighted by atomic mass is 10.1. The number of imide groups is 1. The highest BCUT2D eigenvalue weighted by Gasteiger charge is 2.38. The molecular formula is C19H16F3N5O2. The van der Waals surface area contributed by atoms with Gasteiger partial charge in [-0.15, -0.1) is 0 Å². The Morgan fingerprint density at radius 3 is 2.21 bits per heavy atom. The Balaban J connectivity index is 2.18. The van der Waals surface area contributed by atoms with Crippen molar-refractivity contribution in [1.82, 2.24) is 19.7 Å². The normalized spacial score (nSPS) is 11.4. The second-order valence-corrected chi connectivity index (χ2v) is 6.24. The van der Waals surface area contributed by atoms with Gasteiger partial charge in [0.2, 0.25) is 17.8 Å². The summed E-state index contributed by atoms with van der Waals surface area (Å²) in [4.78, 5) is 32.4. The molecule has 1 aromatic carbocycles. The minimum atomic E-state index is -4.69. The molecule has 0 N–H and O–H groups in total. The predicted molar refractivity (Wildman–Crippen MR) is 98.2 cm³/mol. The smallest absolute Gasteiger partial charge is 0.274 e. The van der Waals surface area contributed by atoms with Gasteiger partial charge < -0.3 is 0 Å². The van der Waals surface area contributed by atoms with Crippen molar-refractivity contribution in [3.8, 4) is 16.9 Å². The van der Waals surface area contributed by atoms with E-state index in [1.165, 1.54) is 12.3 Å². The maximum atomic E-state index is 13.6. The van der Waals surface area contributed by atoms with Gasteiger partial charge in [0.1, 0.15) is 0 Å². The van der Waals surface area contributed by atoms with E-state index >= 15 is 0 Å². The first-order valence-electron chi connectivity index (χ1n) is 8.47. The monoisotopic (exact) mass is 403 g/mol. The molecule has 0 atom stereocenters. The molecule has 0 spiro atoms. The van der Waals surface area contributed by atoms with Crippen molar-refractivity contribution in [2.24, 2.45) is 0 Å². The summed E-state index contributed by atoms with van der Waals surface area (Å²) in [6.07, 6.45) is -3.48. The van der Waals surface area contributed by atoms with Gasteiger partial charge in [0, 0.05) is 37.4 Å². The number of aryl methyl sites for hydroxylation is 1. The molecule has 3 rings (SSSR count). The van der Waals surface area contributed by atoms with E-state index in [9.17, 15) is 22.8 Å². The predicted octanol–water partition coefficient (Wildman–Crippen LogP) is 3.56. The number of carbonyl (C=O) groups is 2. The van der Waals surface area contributed by atoms with Crippen LogP contribution in [0.4, 0.5) is 19.1 Å². The molecule has 0 radical (unpaired) electrons.